The maximum atomic E-state index is 11.9. The zero-order valence-corrected chi connectivity index (χ0v) is 12.6. The summed E-state index contributed by atoms with van der Waals surface area (Å²) in [5, 5.41) is 10.7. The van der Waals surface area contributed by atoms with E-state index >= 15 is 0 Å². The molecule has 0 aromatic heterocycles. The molecule has 0 saturated heterocycles. The second-order valence-electron chi connectivity index (χ2n) is 4.31. The second kappa shape index (κ2) is 7.10. The lowest BCUT2D eigenvalue weighted by Gasteiger charge is -2.06. The van der Waals surface area contributed by atoms with Crippen LogP contribution < -0.4 is 0 Å². The van der Waals surface area contributed by atoms with Gasteiger partial charge in [-0.2, -0.15) is 0 Å². The van der Waals surface area contributed by atoms with E-state index in [1.165, 1.54) is 24.3 Å². The molecule has 5 nitrogen and oxygen atoms in total. The Morgan fingerprint density at radius 1 is 1.19 bits per heavy atom. The standard InChI is InChI=1S/C15H12BrNO4/c16-14-7-2-1-4-12(14)9-21-10-15(18)11-5-3-6-13(8-11)17(19)20/h1-8H,9-10H2. The molecule has 0 aliphatic heterocycles. The summed E-state index contributed by atoms with van der Waals surface area (Å²) >= 11 is 3.39. The molecule has 0 N–H and O–H groups in total. The van der Waals surface area contributed by atoms with Crippen molar-refractivity contribution in [2.75, 3.05) is 6.61 Å². The number of ketones is 1. The summed E-state index contributed by atoms with van der Waals surface area (Å²) < 4.78 is 6.28. The molecule has 0 aliphatic rings. The zero-order chi connectivity index (χ0) is 15.2. The van der Waals surface area contributed by atoms with Crippen molar-refractivity contribution in [3.63, 3.8) is 0 Å². The van der Waals surface area contributed by atoms with Gasteiger partial charge in [0.05, 0.1) is 11.5 Å². The highest BCUT2D eigenvalue weighted by atomic mass is 79.9. The first-order valence-electron chi connectivity index (χ1n) is 6.17. The Morgan fingerprint density at radius 2 is 1.95 bits per heavy atom. The van der Waals surface area contributed by atoms with Gasteiger partial charge in [-0.3, -0.25) is 14.9 Å². The molecular formula is C15H12BrNO4. The Bertz CT molecular complexity index is 672. The summed E-state index contributed by atoms with van der Waals surface area (Å²) in [5.74, 6) is -0.286. The first-order chi connectivity index (χ1) is 10.1. The van der Waals surface area contributed by atoms with Crippen molar-refractivity contribution in [2.45, 2.75) is 6.61 Å². The normalized spacial score (nSPS) is 10.3. The molecule has 0 amide bonds. The van der Waals surface area contributed by atoms with E-state index < -0.39 is 4.92 Å². The van der Waals surface area contributed by atoms with Gasteiger partial charge in [0.2, 0.25) is 0 Å². The smallest absolute Gasteiger partial charge is 0.270 e. The van der Waals surface area contributed by atoms with Gasteiger partial charge in [-0.25, -0.2) is 0 Å². The van der Waals surface area contributed by atoms with Crippen LogP contribution in [-0.4, -0.2) is 17.3 Å². The van der Waals surface area contributed by atoms with Crippen LogP contribution in [0.4, 0.5) is 5.69 Å². The summed E-state index contributed by atoms with van der Waals surface area (Å²) in [6.45, 7) is 0.171. The van der Waals surface area contributed by atoms with Gasteiger partial charge in [0.25, 0.3) is 5.69 Å². The van der Waals surface area contributed by atoms with Gasteiger partial charge < -0.3 is 4.74 Å². The molecule has 2 aromatic rings. The monoisotopic (exact) mass is 349 g/mol. The molecule has 2 rings (SSSR count). The van der Waals surface area contributed by atoms with Gasteiger partial charge in [-0.15, -0.1) is 0 Å². The second-order valence-corrected chi connectivity index (χ2v) is 5.17. The van der Waals surface area contributed by atoms with Gasteiger partial charge in [0.1, 0.15) is 6.61 Å². The number of nitro benzene ring substituents is 1. The number of ether oxygens (including phenoxy) is 1. The third kappa shape index (κ3) is 4.21. The SMILES string of the molecule is O=C(COCc1ccccc1Br)c1cccc([N+](=O)[O-])c1. The molecule has 108 valence electrons. The number of halogens is 1. The topological polar surface area (TPSA) is 69.4 Å². The quantitative estimate of drug-likeness (QED) is 0.452. The van der Waals surface area contributed by atoms with Crippen molar-refractivity contribution in [1.29, 1.82) is 0 Å². The van der Waals surface area contributed by atoms with Crippen LogP contribution in [0.3, 0.4) is 0 Å². The van der Waals surface area contributed by atoms with E-state index in [2.05, 4.69) is 15.9 Å². The number of carbonyl (C=O) groups is 1. The van der Waals surface area contributed by atoms with Crippen LogP contribution in [0.2, 0.25) is 0 Å². The van der Waals surface area contributed by atoms with E-state index in [-0.39, 0.29) is 23.6 Å². The largest absolute Gasteiger partial charge is 0.369 e. The van der Waals surface area contributed by atoms with Gasteiger partial charge in [-0.1, -0.05) is 46.3 Å². The number of nitrogens with zero attached hydrogens (tertiary/aromatic N) is 1. The maximum Gasteiger partial charge on any atom is 0.270 e. The number of hydrogen-bond donors (Lipinski definition) is 0. The minimum absolute atomic E-state index is 0.105. The summed E-state index contributed by atoms with van der Waals surface area (Å²) in [7, 11) is 0. The van der Waals surface area contributed by atoms with Gasteiger partial charge in [-0.05, 0) is 11.6 Å². The van der Waals surface area contributed by atoms with Crippen LogP contribution in [-0.2, 0) is 11.3 Å². The Hall–Kier alpha value is -2.05. The van der Waals surface area contributed by atoms with Crippen molar-refractivity contribution < 1.29 is 14.5 Å². The highest BCUT2D eigenvalue weighted by molar-refractivity contribution is 9.10. The molecular weight excluding hydrogens is 338 g/mol. The predicted octanol–water partition coefficient (Wildman–Crippen LogP) is 3.76. The van der Waals surface area contributed by atoms with Crippen LogP contribution in [0, 0.1) is 10.1 Å². The van der Waals surface area contributed by atoms with Crippen molar-refractivity contribution in [3.05, 3.63) is 74.2 Å². The summed E-state index contributed by atoms with van der Waals surface area (Å²) in [6.07, 6.45) is 0. The van der Waals surface area contributed by atoms with Crippen LogP contribution in [0.25, 0.3) is 0 Å². The van der Waals surface area contributed by atoms with Crippen LogP contribution in [0.1, 0.15) is 15.9 Å². The lowest BCUT2D eigenvalue weighted by atomic mass is 10.1. The number of Topliss-reactive ketones (excluding diaryl/α,β-unsaturated/α-hetero) is 1. The van der Waals surface area contributed by atoms with Crippen LogP contribution in [0.15, 0.2) is 53.0 Å². The summed E-state index contributed by atoms with van der Waals surface area (Å²) in [4.78, 5) is 22.1. The molecule has 0 radical (unpaired) electrons. The van der Waals surface area contributed by atoms with Crippen LogP contribution >= 0.6 is 15.9 Å². The Labute approximate surface area is 129 Å². The van der Waals surface area contributed by atoms with Crippen molar-refractivity contribution >= 4 is 27.4 Å². The molecule has 2 aromatic carbocycles. The average Bonchev–Trinajstić information content (AvgIpc) is 2.49. The number of rotatable bonds is 6. The minimum Gasteiger partial charge on any atom is -0.369 e. The van der Waals surface area contributed by atoms with E-state index in [1.54, 1.807) is 0 Å². The lowest BCUT2D eigenvalue weighted by Crippen LogP contribution is -2.09. The molecule has 0 bridgehead atoms. The first kappa shape index (κ1) is 15.3. The fourth-order valence-corrected chi connectivity index (χ4v) is 2.14. The summed E-state index contributed by atoms with van der Waals surface area (Å²) in [6, 6.07) is 13.2. The van der Waals surface area contributed by atoms with Gasteiger partial charge in [0.15, 0.2) is 5.78 Å². The Balaban J connectivity index is 1.95. The minimum atomic E-state index is -0.529. The predicted molar refractivity (Wildman–Crippen MR) is 81.2 cm³/mol. The van der Waals surface area contributed by atoms with Crippen molar-refractivity contribution in [1.82, 2.24) is 0 Å². The lowest BCUT2D eigenvalue weighted by molar-refractivity contribution is -0.384. The number of non-ortho nitro benzene ring substituents is 1. The number of hydrogen-bond acceptors (Lipinski definition) is 4. The van der Waals surface area contributed by atoms with E-state index in [0.29, 0.717) is 6.61 Å². The zero-order valence-electron chi connectivity index (χ0n) is 11.0. The molecule has 0 unspecified atom stereocenters. The Kier molecular flexibility index (Phi) is 5.19. The third-order valence-electron chi connectivity index (χ3n) is 2.83. The molecule has 0 spiro atoms. The first-order valence-corrected chi connectivity index (χ1v) is 6.96. The van der Waals surface area contributed by atoms with E-state index in [0.717, 1.165) is 10.0 Å². The molecule has 0 atom stereocenters. The van der Waals surface area contributed by atoms with Crippen LogP contribution in [0.5, 0.6) is 0 Å². The van der Waals surface area contributed by atoms with E-state index in [1.807, 2.05) is 24.3 Å². The molecule has 0 heterocycles. The molecule has 6 heteroatoms. The number of carbonyl (C=O) groups excluding carboxylic acids is 1. The molecule has 0 aliphatic carbocycles. The van der Waals surface area contributed by atoms with E-state index in [4.69, 9.17) is 4.74 Å². The molecule has 21 heavy (non-hydrogen) atoms. The van der Waals surface area contributed by atoms with Gasteiger partial charge >= 0.3 is 0 Å². The maximum absolute atomic E-state index is 11.9. The van der Waals surface area contributed by atoms with Crippen molar-refractivity contribution in [3.8, 4) is 0 Å². The fraction of sp³-hybridized carbons (Fsp3) is 0.133. The van der Waals surface area contributed by atoms with Crippen molar-refractivity contribution in [2.24, 2.45) is 0 Å². The molecule has 0 fully saturated rings. The third-order valence-corrected chi connectivity index (χ3v) is 3.60. The van der Waals surface area contributed by atoms with E-state index in [9.17, 15) is 14.9 Å². The summed E-state index contributed by atoms with van der Waals surface area (Å²) in [5.41, 5.74) is 1.10. The fourth-order valence-electron chi connectivity index (χ4n) is 1.75. The van der Waals surface area contributed by atoms with Gasteiger partial charge in [0, 0.05) is 22.2 Å². The number of benzene rings is 2. The highest BCUT2D eigenvalue weighted by Gasteiger charge is 2.11. The number of nitro groups is 1. The molecule has 0 saturated carbocycles. The average molecular weight is 350 g/mol. The Morgan fingerprint density at radius 3 is 2.67 bits per heavy atom. The highest BCUT2D eigenvalue weighted by Crippen LogP contribution is 2.17.